The van der Waals surface area contributed by atoms with Gasteiger partial charge in [0, 0.05) is 21.5 Å². The van der Waals surface area contributed by atoms with Gasteiger partial charge in [-0.05, 0) is 49.3 Å². The van der Waals surface area contributed by atoms with Gasteiger partial charge in [-0.25, -0.2) is 0 Å². The second kappa shape index (κ2) is 6.92. The second-order valence-corrected chi connectivity index (χ2v) is 6.07. The summed E-state index contributed by atoms with van der Waals surface area (Å²) in [6.45, 7) is 2.20. The van der Waals surface area contributed by atoms with Crippen molar-refractivity contribution >= 4 is 29.2 Å². The average Bonchev–Trinajstić information content (AvgIpc) is 2.48. The molecule has 1 N–H and O–H groups in total. The first-order valence-corrected chi connectivity index (χ1v) is 8.73. The quantitative estimate of drug-likeness (QED) is 0.750. The molecule has 0 bridgehead atoms. The summed E-state index contributed by atoms with van der Waals surface area (Å²) in [5.41, 5.74) is 2.52. The van der Waals surface area contributed by atoms with Crippen LogP contribution in [0.1, 0.15) is 18.5 Å². The maximum absolute atomic E-state index is 3.59. The lowest BCUT2D eigenvalue weighted by Gasteiger charge is -2.18. The molecule has 19 heavy (non-hydrogen) atoms. The third-order valence-electron chi connectivity index (χ3n) is 3.09. The standard InChI is InChI=1S/C16H19NS2/c1-12(13-8-10-14(18-2)11-9-13)17-15-6-4-5-7-16(15)19-3/h4-12,17H,1-3H3. The smallest absolute Gasteiger partial charge is 0.0486 e. The van der Waals surface area contributed by atoms with Crippen molar-refractivity contribution in [1.82, 2.24) is 0 Å². The summed E-state index contributed by atoms with van der Waals surface area (Å²) in [5, 5.41) is 3.59. The minimum Gasteiger partial charge on any atom is -0.378 e. The molecule has 2 rings (SSSR count). The zero-order chi connectivity index (χ0) is 13.7. The highest BCUT2D eigenvalue weighted by atomic mass is 32.2. The average molecular weight is 289 g/mol. The normalized spacial score (nSPS) is 12.2. The maximum atomic E-state index is 3.59. The second-order valence-electron chi connectivity index (χ2n) is 4.34. The van der Waals surface area contributed by atoms with Gasteiger partial charge in [0.1, 0.15) is 0 Å². The molecule has 0 spiro atoms. The third-order valence-corrected chi connectivity index (χ3v) is 4.63. The number of hydrogen-bond acceptors (Lipinski definition) is 3. The van der Waals surface area contributed by atoms with Gasteiger partial charge in [-0.1, -0.05) is 24.3 Å². The summed E-state index contributed by atoms with van der Waals surface area (Å²) in [6.07, 6.45) is 4.21. The van der Waals surface area contributed by atoms with Crippen LogP contribution in [0.3, 0.4) is 0 Å². The minimum atomic E-state index is 0.309. The lowest BCUT2D eigenvalue weighted by Crippen LogP contribution is -2.07. The number of nitrogens with one attached hydrogen (secondary N) is 1. The fraction of sp³-hybridized carbons (Fsp3) is 0.250. The Bertz CT molecular complexity index is 523. The Morgan fingerprint density at radius 1 is 0.895 bits per heavy atom. The first-order valence-electron chi connectivity index (χ1n) is 6.28. The fourth-order valence-corrected chi connectivity index (χ4v) is 2.94. The maximum Gasteiger partial charge on any atom is 0.0486 e. The topological polar surface area (TPSA) is 12.0 Å². The molecule has 0 aromatic heterocycles. The Kier molecular flexibility index (Phi) is 5.23. The molecule has 0 aliphatic carbocycles. The Hall–Kier alpha value is -1.06. The van der Waals surface area contributed by atoms with Crippen LogP contribution in [0, 0.1) is 0 Å². The molecule has 0 aliphatic rings. The molecule has 100 valence electrons. The summed E-state index contributed by atoms with van der Waals surface area (Å²) in [7, 11) is 0. The molecular formula is C16H19NS2. The van der Waals surface area contributed by atoms with Crippen molar-refractivity contribution in [2.75, 3.05) is 17.8 Å². The summed E-state index contributed by atoms with van der Waals surface area (Å²) < 4.78 is 0. The van der Waals surface area contributed by atoms with Gasteiger partial charge in [0.25, 0.3) is 0 Å². The van der Waals surface area contributed by atoms with E-state index in [1.54, 1.807) is 23.5 Å². The zero-order valence-corrected chi connectivity index (χ0v) is 13.1. The first kappa shape index (κ1) is 14.4. The molecule has 1 unspecified atom stereocenters. The minimum absolute atomic E-state index is 0.309. The van der Waals surface area contributed by atoms with E-state index in [1.807, 2.05) is 0 Å². The lowest BCUT2D eigenvalue weighted by molar-refractivity contribution is 0.877. The highest BCUT2D eigenvalue weighted by Gasteiger charge is 2.07. The van der Waals surface area contributed by atoms with E-state index in [1.165, 1.54) is 21.0 Å². The van der Waals surface area contributed by atoms with Crippen LogP contribution >= 0.6 is 23.5 Å². The highest BCUT2D eigenvalue weighted by molar-refractivity contribution is 7.99. The van der Waals surface area contributed by atoms with Crippen molar-refractivity contribution in [2.45, 2.75) is 22.8 Å². The fourth-order valence-electron chi connectivity index (χ4n) is 1.97. The zero-order valence-electron chi connectivity index (χ0n) is 11.5. The van der Waals surface area contributed by atoms with E-state index in [0.29, 0.717) is 6.04 Å². The molecule has 0 saturated carbocycles. The third kappa shape index (κ3) is 3.71. The summed E-state index contributed by atoms with van der Waals surface area (Å²) in [5.74, 6) is 0. The van der Waals surface area contributed by atoms with E-state index in [4.69, 9.17) is 0 Å². The molecule has 0 radical (unpaired) electrons. The number of rotatable bonds is 5. The van der Waals surface area contributed by atoms with E-state index in [9.17, 15) is 0 Å². The largest absolute Gasteiger partial charge is 0.378 e. The van der Waals surface area contributed by atoms with E-state index in [-0.39, 0.29) is 0 Å². The summed E-state index contributed by atoms with van der Waals surface area (Å²) >= 11 is 3.55. The number of anilines is 1. The first-order chi connectivity index (χ1) is 9.24. The predicted octanol–water partition coefficient (Wildman–Crippen LogP) is 5.30. The van der Waals surface area contributed by atoms with Crippen LogP contribution in [-0.4, -0.2) is 12.5 Å². The molecule has 1 nitrogen and oxygen atoms in total. The van der Waals surface area contributed by atoms with Crippen LogP contribution in [0.5, 0.6) is 0 Å². The number of benzene rings is 2. The summed E-state index contributed by atoms with van der Waals surface area (Å²) in [6, 6.07) is 17.5. The van der Waals surface area contributed by atoms with Gasteiger partial charge in [0.15, 0.2) is 0 Å². The van der Waals surface area contributed by atoms with Crippen molar-refractivity contribution in [2.24, 2.45) is 0 Å². The lowest BCUT2D eigenvalue weighted by atomic mass is 10.1. The van der Waals surface area contributed by atoms with Crippen LogP contribution in [-0.2, 0) is 0 Å². The van der Waals surface area contributed by atoms with Gasteiger partial charge in [-0.15, -0.1) is 23.5 Å². The number of thioether (sulfide) groups is 2. The molecule has 2 aromatic carbocycles. The van der Waals surface area contributed by atoms with Gasteiger partial charge < -0.3 is 5.32 Å². The van der Waals surface area contributed by atoms with Crippen LogP contribution in [0.15, 0.2) is 58.3 Å². The van der Waals surface area contributed by atoms with E-state index in [2.05, 4.69) is 73.3 Å². The van der Waals surface area contributed by atoms with Crippen LogP contribution in [0.25, 0.3) is 0 Å². The molecule has 0 fully saturated rings. The van der Waals surface area contributed by atoms with E-state index < -0.39 is 0 Å². The number of para-hydroxylation sites is 1. The van der Waals surface area contributed by atoms with Gasteiger partial charge in [-0.2, -0.15) is 0 Å². The molecule has 0 aliphatic heterocycles. The number of hydrogen-bond donors (Lipinski definition) is 1. The van der Waals surface area contributed by atoms with Crippen molar-refractivity contribution in [3.8, 4) is 0 Å². The monoisotopic (exact) mass is 289 g/mol. The molecule has 2 aromatic rings. The van der Waals surface area contributed by atoms with E-state index in [0.717, 1.165) is 0 Å². The van der Waals surface area contributed by atoms with Gasteiger partial charge >= 0.3 is 0 Å². The Labute approximate surface area is 124 Å². The van der Waals surface area contributed by atoms with E-state index >= 15 is 0 Å². The molecule has 0 amide bonds. The highest BCUT2D eigenvalue weighted by Crippen LogP contribution is 2.28. The van der Waals surface area contributed by atoms with Gasteiger partial charge in [0.2, 0.25) is 0 Å². The molecule has 3 heteroatoms. The van der Waals surface area contributed by atoms with Crippen LogP contribution in [0.2, 0.25) is 0 Å². The molecule has 0 heterocycles. The van der Waals surface area contributed by atoms with Gasteiger partial charge in [-0.3, -0.25) is 0 Å². The Balaban J connectivity index is 2.13. The SMILES string of the molecule is CSc1ccc(C(C)Nc2ccccc2SC)cc1. The van der Waals surface area contributed by atoms with Crippen molar-refractivity contribution < 1.29 is 0 Å². The van der Waals surface area contributed by atoms with Gasteiger partial charge in [0.05, 0.1) is 0 Å². The van der Waals surface area contributed by atoms with Crippen LogP contribution in [0.4, 0.5) is 5.69 Å². The van der Waals surface area contributed by atoms with Crippen molar-refractivity contribution in [1.29, 1.82) is 0 Å². The van der Waals surface area contributed by atoms with Crippen LogP contribution < -0.4 is 5.32 Å². The van der Waals surface area contributed by atoms with Crippen molar-refractivity contribution in [3.05, 3.63) is 54.1 Å². The Morgan fingerprint density at radius 2 is 1.58 bits per heavy atom. The summed E-state index contributed by atoms with van der Waals surface area (Å²) in [4.78, 5) is 2.59. The Morgan fingerprint density at radius 3 is 2.21 bits per heavy atom. The molecule has 1 atom stereocenters. The van der Waals surface area contributed by atoms with Crippen molar-refractivity contribution in [3.63, 3.8) is 0 Å². The molecular weight excluding hydrogens is 270 g/mol. The predicted molar refractivity (Wildman–Crippen MR) is 88.5 cm³/mol. The molecule has 0 saturated heterocycles.